The summed E-state index contributed by atoms with van der Waals surface area (Å²) in [5.74, 6) is -0.395. The molecule has 0 bridgehead atoms. The van der Waals surface area contributed by atoms with E-state index in [2.05, 4.69) is 164 Å². The van der Waals surface area contributed by atoms with Crippen LogP contribution < -0.4 is 0 Å². The van der Waals surface area contributed by atoms with Gasteiger partial charge in [0.25, 0.3) is 63.1 Å². The number of carbonyl (C=O) groups excluding carboxylic acids is 8. The van der Waals surface area contributed by atoms with Gasteiger partial charge in [0.15, 0.2) is 0 Å². The highest BCUT2D eigenvalue weighted by molar-refractivity contribution is 6.96. The number of carbonyl (C=O) groups is 8. The predicted molar refractivity (Wildman–Crippen MR) is 404 cm³/mol. The average molecular weight is 1510 g/mol. The zero-order valence-electron chi connectivity index (χ0n) is 63.7. The zero-order valence-corrected chi connectivity index (χ0v) is 73.7. The molecule has 544 valence electrons. The summed E-state index contributed by atoms with van der Waals surface area (Å²) < 4.78 is 56.1. The number of rotatable bonds is 6. The van der Waals surface area contributed by atoms with Crippen LogP contribution in [0.25, 0.3) is 0 Å². The third-order valence-electron chi connectivity index (χ3n) is 17.5. The molecule has 2 atom stereocenters. The molecule has 2 aromatic rings. The number of hydrogen-bond donors (Lipinski definition) is 0. The van der Waals surface area contributed by atoms with Gasteiger partial charge >= 0.3 is 26.7 Å². The lowest BCUT2D eigenvalue weighted by atomic mass is 10.0. The van der Waals surface area contributed by atoms with Gasteiger partial charge < -0.3 is 48.8 Å². The van der Waals surface area contributed by atoms with Gasteiger partial charge in [0.2, 0.25) is 25.0 Å². The van der Waals surface area contributed by atoms with E-state index in [9.17, 15) is 38.4 Å². The van der Waals surface area contributed by atoms with E-state index in [-0.39, 0.29) is 63.7 Å². The highest BCUT2D eigenvalue weighted by atomic mass is 28.4. The van der Waals surface area contributed by atoms with Crippen molar-refractivity contribution in [1.29, 1.82) is 0 Å². The van der Waals surface area contributed by atoms with E-state index in [0.29, 0.717) is 57.3 Å². The molecule has 0 N–H and O–H groups in total. The Morgan fingerprint density at radius 1 is 0.521 bits per heavy atom. The van der Waals surface area contributed by atoms with Crippen LogP contribution in [0, 0.1) is 0 Å². The van der Waals surface area contributed by atoms with Gasteiger partial charge in [-0.25, -0.2) is 4.79 Å². The largest absolute Gasteiger partial charge is 0.582 e. The van der Waals surface area contributed by atoms with Crippen LogP contribution in [-0.2, 0) is 83.9 Å². The number of benzene rings is 2. The maximum atomic E-state index is 11.6. The molecule has 8 heterocycles. The first-order valence-corrected chi connectivity index (χ1v) is 63.6. The Balaban J connectivity index is 0.000000287. The number of likely N-dealkylation sites (N-methyl/N-ethyl adjacent to an activating group) is 1. The summed E-state index contributed by atoms with van der Waals surface area (Å²) >= 11 is 0. The summed E-state index contributed by atoms with van der Waals surface area (Å²) in [6, 6.07) is 22.2. The Hall–Kier alpha value is -3.79. The van der Waals surface area contributed by atoms with E-state index >= 15 is 0 Å². The van der Waals surface area contributed by atoms with Crippen LogP contribution in [-0.4, -0.2) is 186 Å². The average Bonchev–Trinajstić information content (AvgIpc) is 1.56. The molecule has 30 heteroatoms. The molecule has 7 saturated heterocycles. The second kappa shape index (κ2) is 34.3. The second-order valence-corrected chi connectivity index (χ2v) is 77.2. The fourth-order valence-electron chi connectivity index (χ4n) is 13.1. The van der Waals surface area contributed by atoms with Gasteiger partial charge in [-0.1, -0.05) is 130 Å². The van der Waals surface area contributed by atoms with Crippen molar-refractivity contribution in [2.24, 2.45) is 0 Å². The zero-order chi connectivity index (χ0) is 73.7. The van der Waals surface area contributed by atoms with Crippen molar-refractivity contribution >= 4 is 131 Å². The van der Waals surface area contributed by atoms with Crippen molar-refractivity contribution < 1.29 is 82.6 Å². The molecule has 0 radical (unpaired) electrons. The van der Waals surface area contributed by atoms with E-state index in [1.807, 2.05) is 80.4 Å². The second-order valence-electron chi connectivity index (χ2n) is 33.8. The van der Waals surface area contributed by atoms with Crippen LogP contribution in [0.4, 0.5) is 0 Å². The Labute approximate surface area is 586 Å². The molecule has 2 unspecified atom stereocenters. The highest BCUT2D eigenvalue weighted by Gasteiger charge is 2.60. The molecule has 2 aromatic carbocycles. The molecule has 0 spiro atoms. The van der Waals surface area contributed by atoms with Crippen molar-refractivity contribution in [2.45, 2.75) is 250 Å². The topological polar surface area (TPSA) is 235 Å². The normalized spacial score (nSPS) is 24.3. The quantitative estimate of drug-likeness (QED) is 0.244. The third kappa shape index (κ3) is 28.0. The molecule has 8 aliphatic heterocycles. The molecular formula is C66H122N2O18Si10. The molecule has 96 heavy (non-hydrogen) atoms. The van der Waals surface area contributed by atoms with Gasteiger partial charge in [0, 0.05) is 50.7 Å². The van der Waals surface area contributed by atoms with E-state index in [1.54, 1.807) is 0 Å². The van der Waals surface area contributed by atoms with Crippen LogP contribution >= 0.6 is 0 Å². The summed E-state index contributed by atoms with van der Waals surface area (Å²) in [7, 11) is -15.1. The SMILES string of the molecule is CC(C)(C)[Si]1(C(C)(C)C)CCC(=O)O1.CC1CC(=O)O[Si]1(C)C.CCO[Si]1(OCC)CN(C)CC(=O)O1.C[Si]1(C)CC(=O)O[Si](C)(C)C1.C[Si]1(C)CC(c2ccccc2)C(=O)O1.C[Si]1(C)CCC(=O)O1.C[Si]1(C)CN([Si](C)(C)C)CC(=O)O1.C[Si]1(C)Cc2ccccc2C(=O)O1. The van der Waals surface area contributed by atoms with E-state index in [4.69, 9.17) is 44.3 Å². The first-order valence-electron chi connectivity index (χ1n) is 34.1. The van der Waals surface area contributed by atoms with E-state index in [0.717, 1.165) is 53.1 Å². The van der Waals surface area contributed by atoms with Gasteiger partial charge in [-0.15, -0.1) is 0 Å². The minimum Gasteiger partial charge on any atom is -0.520 e. The summed E-state index contributed by atoms with van der Waals surface area (Å²) in [5.41, 5.74) is 4.72. The van der Waals surface area contributed by atoms with Crippen molar-refractivity contribution in [3.63, 3.8) is 0 Å². The van der Waals surface area contributed by atoms with Gasteiger partial charge in [0.1, 0.15) is 8.24 Å². The van der Waals surface area contributed by atoms with Crippen LogP contribution in [0.2, 0.25) is 157 Å². The van der Waals surface area contributed by atoms with Crippen molar-refractivity contribution in [3.05, 3.63) is 71.3 Å². The lowest BCUT2D eigenvalue weighted by molar-refractivity contribution is -0.144. The molecule has 20 nitrogen and oxygen atoms in total. The molecule has 0 saturated carbocycles. The van der Waals surface area contributed by atoms with Gasteiger partial charge in [0.05, 0.1) is 38.8 Å². The lowest BCUT2D eigenvalue weighted by Gasteiger charge is -2.46. The maximum Gasteiger partial charge on any atom is 0.582 e. The smallest absolute Gasteiger partial charge is 0.520 e. The Morgan fingerprint density at radius 3 is 1.41 bits per heavy atom. The molecule has 0 aliphatic carbocycles. The van der Waals surface area contributed by atoms with Crippen molar-refractivity contribution in [1.82, 2.24) is 9.47 Å². The lowest BCUT2D eigenvalue weighted by Crippen LogP contribution is -2.61. The summed E-state index contributed by atoms with van der Waals surface area (Å²) in [6.07, 6.45) is 3.51. The summed E-state index contributed by atoms with van der Waals surface area (Å²) in [4.78, 5) is 91.2. The first kappa shape index (κ1) is 86.4. The van der Waals surface area contributed by atoms with Gasteiger partial charge in [-0.2, -0.15) is 0 Å². The molecule has 0 amide bonds. The summed E-state index contributed by atoms with van der Waals surface area (Å²) in [6.45, 7) is 57.4. The van der Waals surface area contributed by atoms with E-state index in [1.165, 1.54) is 5.67 Å². The van der Waals surface area contributed by atoms with Crippen LogP contribution in [0.1, 0.15) is 109 Å². The van der Waals surface area contributed by atoms with Crippen LogP contribution in [0.15, 0.2) is 54.6 Å². The number of hydrogen-bond acceptors (Lipinski definition) is 20. The Bertz CT molecular complexity index is 2960. The molecule has 7 fully saturated rings. The third-order valence-corrected chi connectivity index (χ3v) is 50.2. The van der Waals surface area contributed by atoms with Crippen LogP contribution in [0.3, 0.4) is 0 Å². The fourth-order valence-corrected chi connectivity index (χ4v) is 45.4. The van der Waals surface area contributed by atoms with Crippen molar-refractivity contribution in [2.75, 3.05) is 45.7 Å². The minimum absolute atomic E-state index is 0.000772. The minimum atomic E-state index is -2.73. The molecule has 0 aromatic heterocycles. The number of nitrogens with zero attached hydrogens (tertiary/aromatic N) is 2. The Kier molecular flexibility index (Phi) is 30.8. The predicted octanol–water partition coefficient (Wildman–Crippen LogP) is 14.3. The van der Waals surface area contributed by atoms with Gasteiger partial charge in [-0.05, 0) is 156 Å². The monoisotopic (exact) mass is 1510 g/mol. The summed E-state index contributed by atoms with van der Waals surface area (Å²) in [5, 5.41) is 0.273. The number of fused-ring (bicyclic) bond motifs is 1. The Morgan fingerprint density at radius 2 is 1.03 bits per heavy atom. The highest BCUT2D eigenvalue weighted by Crippen LogP contribution is 2.56. The standard InChI is InChI=1S/C11H14O2Si.C11H22O2Si.C10H12O2Si.C8H17NO4Si.C8H19NO2Si2.C7H16O2Si2.C6H12O2Si.C5H10O2Si/c1-14(2)8-10(11(12)13-14)9-6-4-3-5-7-9;1-10(2,3)14(11(4,5)6)8-7-9(12)13-14;1-13(2)7-8-5-3-4-6-9(8)10(11)12-13;1-4-11-14(12-5-2)7-9(3)6-8(10)13-14;1-12(2,3)9-6-8(10)11-13(4,5)7-9;1-10(2)5-7(8)9-11(3,4)6-10;1-5-4-6(7)8-9(5,2)3;1-8(2)4-3-5(6)7-8/h3-7,10H,8H2,1-2H3;7-8H2,1-6H3;3-6H,7H2,1-2H3;4-7H2,1-3H3;6-7H2,1-5H3;5-6H2,1-4H3;5H,4H2,1-3H3;3-4H2,1-2H3. The molecule has 8 aliphatic rings. The molecular weight excluding hydrogens is 1390 g/mol. The molecule has 10 rings (SSSR count). The fraction of sp³-hybridized carbons (Fsp3) is 0.697. The van der Waals surface area contributed by atoms with Crippen molar-refractivity contribution in [3.8, 4) is 0 Å². The maximum absolute atomic E-state index is 11.6. The van der Waals surface area contributed by atoms with Crippen LogP contribution in [0.5, 0.6) is 0 Å². The van der Waals surface area contributed by atoms with Gasteiger partial charge in [-0.3, -0.25) is 38.5 Å². The first-order chi connectivity index (χ1) is 43.5. The van der Waals surface area contributed by atoms with E-state index < -0.39 is 83.3 Å².